The van der Waals surface area contributed by atoms with E-state index in [1.807, 2.05) is 13.0 Å². The van der Waals surface area contributed by atoms with Crippen molar-refractivity contribution in [2.75, 3.05) is 7.05 Å². The number of hydrogen-bond donors (Lipinski definition) is 1. The van der Waals surface area contributed by atoms with Crippen molar-refractivity contribution in [1.82, 2.24) is 9.88 Å². The molecule has 1 aliphatic heterocycles. The van der Waals surface area contributed by atoms with Gasteiger partial charge in [-0.05, 0) is 24.1 Å². The predicted octanol–water partition coefficient (Wildman–Crippen LogP) is 0.994. The Balaban J connectivity index is 2.44. The molecule has 0 spiro atoms. The number of amides is 1. The normalized spacial score (nSPS) is 24.1. The van der Waals surface area contributed by atoms with Crippen molar-refractivity contribution in [2.45, 2.75) is 19.4 Å². The summed E-state index contributed by atoms with van der Waals surface area (Å²) in [6.07, 6.45) is 3.36. The Morgan fingerprint density at radius 2 is 2.29 bits per heavy atom. The Kier molecular flexibility index (Phi) is 2.83. The first-order chi connectivity index (χ1) is 8.02. The molecule has 2 atom stereocenters. The third-order valence-corrected chi connectivity index (χ3v) is 3.30. The topological polar surface area (TPSA) is 70.5 Å². The maximum Gasteiger partial charge on any atom is 0.309 e. The molecule has 2 unspecified atom stereocenters. The number of aryl methyl sites for hydroxylation is 1. The minimum absolute atomic E-state index is 0.0604. The number of carbonyl (C=O) groups is 2. The van der Waals surface area contributed by atoms with Gasteiger partial charge in [-0.1, -0.05) is 0 Å². The van der Waals surface area contributed by atoms with Crippen LogP contribution in [0.4, 0.5) is 0 Å². The van der Waals surface area contributed by atoms with E-state index < -0.39 is 17.9 Å². The second kappa shape index (κ2) is 4.16. The Hall–Kier alpha value is -1.91. The first kappa shape index (κ1) is 11.6. The van der Waals surface area contributed by atoms with E-state index in [9.17, 15) is 14.7 Å². The molecule has 0 aliphatic carbocycles. The molecule has 2 heterocycles. The SMILES string of the molecule is Cc1ccncc1C1C(C(=O)O)CC(=O)N1C. The maximum atomic E-state index is 11.6. The highest BCUT2D eigenvalue weighted by Gasteiger charge is 2.43. The van der Waals surface area contributed by atoms with Gasteiger partial charge in [-0.15, -0.1) is 0 Å². The maximum absolute atomic E-state index is 11.6. The molecule has 5 heteroatoms. The number of carboxylic acids is 1. The summed E-state index contributed by atoms with van der Waals surface area (Å²) in [4.78, 5) is 28.3. The van der Waals surface area contributed by atoms with E-state index in [1.165, 1.54) is 4.90 Å². The van der Waals surface area contributed by atoms with Crippen LogP contribution < -0.4 is 0 Å². The highest BCUT2D eigenvalue weighted by atomic mass is 16.4. The van der Waals surface area contributed by atoms with Crippen LogP contribution in [-0.4, -0.2) is 33.9 Å². The van der Waals surface area contributed by atoms with Crippen molar-refractivity contribution in [2.24, 2.45) is 5.92 Å². The quantitative estimate of drug-likeness (QED) is 0.828. The molecular formula is C12H14N2O3. The summed E-state index contributed by atoms with van der Waals surface area (Å²) >= 11 is 0. The van der Waals surface area contributed by atoms with Gasteiger partial charge >= 0.3 is 5.97 Å². The molecule has 1 fully saturated rings. The van der Waals surface area contributed by atoms with Gasteiger partial charge < -0.3 is 10.0 Å². The second-order valence-electron chi connectivity index (χ2n) is 4.33. The van der Waals surface area contributed by atoms with E-state index in [4.69, 9.17) is 0 Å². The van der Waals surface area contributed by atoms with Crippen molar-refractivity contribution >= 4 is 11.9 Å². The predicted molar refractivity (Wildman–Crippen MR) is 60.2 cm³/mol. The molecule has 0 radical (unpaired) electrons. The summed E-state index contributed by atoms with van der Waals surface area (Å²) in [5, 5.41) is 9.17. The first-order valence-electron chi connectivity index (χ1n) is 5.41. The molecule has 2 rings (SSSR count). The number of carboxylic acid groups (broad SMARTS) is 1. The highest BCUT2D eigenvalue weighted by molar-refractivity contribution is 5.87. The Morgan fingerprint density at radius 3 is 2.88 bits per heavy atom. The molecule has 17 heavy (non-hydrogen) atoms. The van der Waals surface area contributed by atoms with Crippen LogP contribution in [0.25, 0.3) is 0 Å². The summed E-state index contributed by atoms with van der Waals surface area (Å²) in [7, 11) is 1.64. The van der Waals surface area contributed by atoms with E-state index in [1.54, 1.807) is 19.4 Å². The third-order valence-electron chi connectivity index (χ3n) is 3.30. The largest absolute Gasteiger partial charge is 0.481 e. The second-order valence-corrected chi connectivity index (χ2v) is 4.33. The lowest BCUT2D eigenvalue weighted by Crippen LogP contribution is -2.27. The average molecular weight is 234 g/mol. The zero-order chi connectivity index (χ0) is 12.6. The van der Waals surface area contributed by atoms with Gasteiger partial charge in [0, 0.05) is 25.9 Å². The van der Waals surface area contributed by atoms with E-state index in [2.05, 4.69) is 4.98 Å². The molecule has 0 saturated carbocycles. The molecule has 1 saturated heterocycles. The van der Waals surface area contributed by atoms with E-state index in [0.29, 0.717) is 0 Å². The number of likely N-dealkylation sites (tertiary alicyclic amines) is 1. The molecule has 0 bridgehead atoms. The lowest BCUT2D eigenvalue weighted by molar-refractivity contribution is -0.142. The lowest BCUT2D eigenvalue weighted by atomic mass is 9.92. The standard InChI is InChI=1S/C12H14N2O3/c1-7-3-4-13-6-9(7)11-8(12(16)17)5-10(15)14(11)2/h3-4,6,8,11H,5H2,1-2H3,(H,16,17). The monoisotopic (exact) mass is 234 g/mol. The van der Waals surface area contributed by atoms with Crippen molar-refractivity contribution in [1.29, 1.82) is 0 Å². The molecule has 1 aromatic heterocycles. The molecule has 0 aromatic carbocycles. The van der Waals surface area contributed by atoms with Gasteiger partial charge in [0.05, 0.1) is 12.0 Å². The Bertz CT molecular complexity index is 473. The number of nitrogens with zero attached hydrogens (tertiary/aromatic N) is 2. The van der Waals surface area contributed by atoms with Crippen molar-refractivity contribution < 1.29 is 14.7 Å². The number of rotatable bonds is 2. The number of aromatic nitrogens is 1. The average Bonchev–Trinajstić information content (AvgIpc) is 2.57. The molecule has 1 aromatic rings. The van der Waals surface area contributed by atoms with Crippen molar-refractivity contribution in [3.63, 3.8) is 0 Å². The fourth-order valence-corrected chi connectivity index (χ4v) is 2.30. The van der Waals surface area contributed by atoms with E-state index in [-0.39, 0.29) is 12.3 Å². The lowest BCUT2D eigenvalue weighted by Gasteiger charge is -2.24. The molecule has 5 nitrogen and oxygen atoms in total. The van der Waals surface area contributed by atoms with Crippen LogP contribution in [0.2, 0.25) is 0 Å². The first-order valence-corrected chi connectivity index (χ1v) is 5.41. The summed E-state index contributed by atoms with van der Waals surface area (Å²) in [5.41, 5.74) is 1.77. The van der Waals surface area contributed by atoms with Crippen LogP contribution in [0.5, 0.6) is 0 Å². The highest BCUT2D eigenvalue weighted by Crippen LogP contribution is 2.37. The van der Waals surface area contributed by atoms with Crippen molar-refractivity contribution in [3.05, 3.63) is 29.6 Å². The third kappa shape index (κ3) is 1.88. The molecule has 90 valence electrons. The van der Waals surface area contributed by atoms with Gasteiger partial charge in [-0.3, -0.25) is 14.6 Å². The summed E-state index contributed by atoms with van der Waals surface area (Å²) < 4.78 is 0. The molecule has 1 N–H and O–H groups in total. The summed E-state index contributed by atoms with van der Waals surface area (Å²) in [6, 6.07) is 1.42. The fourth-order valence-electron chi connectivity index (χ4n) is 2.30. The number of carbonyl (C=O) groups excluding carboxylic acids is 1. The van der Waals surface area contributed by atoms with E-state index in [0.717, 1.165) is 11.1 Å². The van der Waals surface area contributed by atoms with Gasteiger partial charge in [-0.2, -0.15) is 0 Å². The van der Waals surface area contributed by atoms with Crippen LogP contribution in [0.3, 0.4) is 0 Å². The van der Waals surface area contributed by atoms with Gasteiger partial charge in [0.25, 0.3) is 0 Å². The minimum atomic E-state index is -0.934. The zero-order valence-electron chi connectivity index (χ0n) is 9.75. The number of aliphatic carboxylic acids is 1. The molecule has 1 amide bonds. The number of pyridine rings is 1. The van der Waals surface area contributed by atoms with Crippen LogP contribution in [-0.2, 0) is 9.59 Å². The van der Waals surface area contributed by atoms with Gasteiger partial charge in [-0.25, -0.2) is 0 Å². The zero-order valence-corrected chi connectivity index (χ0v) is 9.75. The fraction of sp³-hybridized carbons (Fsp3) is 0.417. The van der Waals surface area contributed by atoms with E-state index >= 15 is 0 Å². The number of hydrogen-bond acceptors (Lipinski definition) is 3. The van der Waals surface area contributed by atoms with Crippen LogP contribution in [0.1, 0.15) is 23.6 Å². The summed E-state index contributed by atoms with van der Waals surface area (Å²) in [5.74, 6) is -1.75. The van der Waals surface area contributed by atoms with Crippen LogP contribution in [0, 0.1) is 12.8 Å². The molecular weight excluding hydrogens is 220 g/mol. The van der Waals surface area contributed by atoms with Gasteiger partial charge in [0.2, 0.25) is 5.91 Å². The van der Waals surface area contributed by atoms with Crippen molar-refractivity contribution in [3.8, 4) is 0 Å². The summed E-state index contributed by atoms with van der Waals surface area (Å²) in [6.45, 7) is 1.90. The Labute approximate surface area is 99.1 Å². The molecule has 1 aliphatic rings. The van der Waals surface area contributed by atoms with Gasteiger partial charge in [0.1, 0.15) is 0 Å². The van der Waals surface area contributed by atoms with Gasteiger partial charge in [0.15, 0.2) is 0 Å². The van der Waals surface area contributed by atoms with Crippen LogP contribution in [0.15, 0.2) is 18.5 Å². The smallest absolute Gasteiger partial charge is 0.309 e. The Morgan fingerprint density at radius 1 is 1.59 bits per heavy atom. The minimum Gasteiger partial charge on any atom is -0.481 e. The van der Waals surface area contributed by atoms with Crippen LogP contribution >= 0.6 is 0 Å².